The molecule has 0 radical (unpaired) electrons. The van der Waals surface area contributed by atoms with E-state index in [2.05, 4.69) is 91.1 Å². The van der Waals surface area contributed by atoms with Crippen molar-refractivity contribution in [2.45, 2.75) is 50.1 Å². The highest BCUT2D eigenvalue weighted by Gasteiger charge is 2.40. The number of aromatic nitrogens is 4. The van der Waals surface area contributed by atoms with Gasteiger partial charge in [0.15, 0.2) is 5.82 Å². The van der Waals surface area contributed by atoms with E-state index in [0.717, 1.165) is 64.5 Å². The lowest BCUT2D eigenvalue weighted by Crippen LogP contribution is -2.48. The van der Waals surface area contributed by atoms with Crippen molar-refractivity contribution in [1.82, 2.24) is 30.4 Å². The summed E-state index contributed by atoms with van der Waals surface area (Å²) in [7, 11) is 0. The molecule has 2 heterocycles. The molecular formula is C27H36N6O. The van der Waals surface area contributed by atoms with Gasteiger partial charge in [-0.25, -0.2) is 4.68 Å². The molecule has 1 aliphatic heterocycles. The van der Waals surface area contributed by atoms with Crippen molar-refractivity contribution in [1.29, 1.82) is 0 Å². The van der Waals surface area contributed by atoms with Gasteiger partial charge < -0.3 is 10.1 Å². The Balaban J connectivity index is 1.41. The first kappa shape index (κ1) is 23.1. The van der Waals surface area contributed by atoms with E-state index in [1.54, 1.807) is 0 Å². The summed E-state index contributed by atoms with van der Waals surface area (Å²) in [5.74, 6) is 0.969. The molecule has 7 heteroatoms. The molecule has 0 amide bonds. The Morgan fingerprint density at radius 2 is 1.53 bits per heavy atom. The maximum absolute atomic E-state index is 5.49. The molecule has 1 saturated heterocycles. The van der Waals surface area contributed by atoms with Crippen molar-refractivity contribution in [3.63, 3.8) is 0 Å². The van der Waals surface area contributed by atoms with Crippen LogP contribution < -0.4 is 5.32 Å². The summed E-state index contributed by atoms with van der Waals surface area (Å²) < 4.78 is 7.57. The number of ether oxygens (including phenoxy) is 1. The summed E-state index contributed by atoms with van der Waals surface area (Å²) in [4.78, 5) is 2.50. The third-order valence-electron chi connectivity index (χ3n) is 7.32. The molecule has 1 aromatic heterocycles. The van der Waals surface area contributed by atoms with Crippen LogP contribution in [0, 0.1) is 0 Å². The molecule has 0 bridgehead atoms. The summed E-state index contributed by atoms with van der Waals surface area (Å²) >= 11 is 0. The Bertz CT molecular complexity index is 957. The van der Waals surface area contributed by atoms with E-state index < -0.39 is 0 Å². The molecule has 1 N–H and O–H groups in total. The normalized spacial score (nSPS) is 18.9. The van der Waals surface area contributed by atoms with Crippen molar-refractivity contribution >= 4 is 0 Å². The Hall–Kier alpha value is -2.61. The molecule has 2 aromatic carbocycles. The van der Waals surface area contributed by atoms with Crippen LogP contribution in [-0.4, -0.2) is 64.5 Å². The van der Waals surface area contributed by atoms with Crippen LogP contribution in [0.15, 0.2) is 60.7 Å². The standard InChI is InChI=1S/C27H36N6O/c1-4-11-23(12-5-1)25(24-13-6-2-7-14-24)33-26(29-30-31-33)27(15-8-3-9-16-27)28-17-10-18-32-19-21-34-22-20-32/h1-2,4-7,11-14,25,28H,3,8-10,15-22H2. The highest BCUT2D eigenvalue weighted by Crippen LogP contribution is 2.38. The van der Waals surface area contributed by atoms with Crippen LogP contribution in [0.3, 0.4) is 0 Å². The molecule has 7 nitrogen and oxygen atoms in total. The van der Waals surface area contributed by atoms with Crippen LogP contribution in [0.2, 0.25) is 0 Å². The van der Waals surface area contributed by atoms with Gasteiger partial charge in [0.25, 0.3) is 0 Å². The molecule has 2 aliphatic rings. The lowest BCUT2D eigenvalue weighted by atomic mass is 9.80. The third-order valence-corrected chi connectivity index (χ3v) is 7.32. The minimum Gasteiger partial charge on any atom is -0.379 e. The molecule has 1 aliphatic carbocycles. The second kappa shape index (κ2) is 11.2. The number of hydrogen-bond donors (Lipinski definition) is 1. The third kappa shape index (κ3) is 5.22. The van der Waals surface area contributed by atoms with Crippen molar-refractivity contribution < 1.29 is 4.74 Å². The summed E-state index contributed by atoms with van der Waals surface area (Å²) in [5.41, 5.74) is 2.20. The maximum Gasteiger partial charge on any atom is 0.172 e. The predicted molar refractivity (Wildman–Crippen MR) is 133 cm³/mol. The van der Waals surface area contributed by atoms with E-state index in [0.29, 0.717) is 0 Å². The van der Waals surface area contributed by atoms with Gasteiger partial charge in [0, 0.05) is 13.1 Å². The van der Waals surface area contributed by atoms with Gasteiger partial charge in [0.1, 0.15) is 6.04 Å². The average molecular weight is 461 g/mol. The van der Waals surface area contributed by atoms with Crippen molar-refractivity contribution in [3.8, 4) is 0 Å². The van der Waals surface area contributed by atoms with Gasteiger partial charge in [0.2, 0.25) is 0 Å². The lowest BCUT2D eigenvalue weighted by molar-refractivity contribution is 0.0370. The van der Waals surface area contributed by atoms with Gasteiger partial charge >= 0.3 is 0 Å². The fourth-order valence-corrected chi connectivity index (χ4v) is 5.52. The Labute approximate surface area is 202 Å². The number of rotatable bonds is 9. The van der Waals surface area contributed by atoms with E-state index in [4.69, 9.17) is 4.74 Å². The van der Waals surface area contributed by atoms with Crippen LogP contribution in [-0.2, 0) is 10.3 Å². The SMILES string of the molecule is c1ccc(C(c2ccccc2)n2nnnc2C2(NCCCN3CCOCC3)CCCCC2)cc1. The Morgan fingerprint density at radius 3 is 2.18 bits per heavy atom. The van der Waals surface area contributed by atoms with Crippen LogP contribution in [0.1, 0.15) is 61.5 Å². The number of tetrazole rings is 1. The number of morpholine rings is 1. The van der Waals surface area contributed by atoms with Crippen molar-refractivity contribution in [2.24, 2.45) is 0 Å². The maximum atomic E-state index is 5.49. The van der Waals surface area contributed by atoms with Gasteiger partial charge in [-0.15, -0.1) is 5.10 Å². The monoisotopic (exact) mass is 460 g/mol. The molecule has 0 atom stereocenters. The van der Waals surface area contributed by atoms with Gasteiger partial charge in [-0.3, -0.25) is 4.90 Å². The van der Waals surface area contributed by atoms with Gasteiger partial charge in [-0.1, -0.05) is 79.9 Å². The van der Waals surface area contributed by atoms with Gasteiger partial charge in [0.05, 0.1) is 18.8 Å². The fourth-order valence-electron chi connectivity index (χ4n) is 5.52. The van der Waals surface area contributed by atoms with Crippen LogP contribution in [0.4, 0.5) is 0 Å². The quantitative estimate of drug-likeness (QED) is 0.490. The van der Waals surface area contributed by atoms with E-state index in [1.165, 1.54) is 30.4 Å². The average Bonchev–Trinajstić information content (AvgIpc) is 3.39. The van der Waals surface area contributed by atoms with Crippen molar-refractivity contribution in [2.75, 3.05) is 39.4 Å². The minimum absolute atomic E-state index is 0.0543. The van der Waals surface area contributed by atoms with Crippen LogP contribution in [0.25, 0.3) is 0 Å². The summed E-state index contributed by atoms with van der Waals surface area (Å²) in [5, 5.41) is 17.4. The topological polar surface area (TPSA) is 68.1 Å². The van der Waals surface area contributed by atoms with E-state index in [9.17, 15) is 0 Å². The zero-order valence-electron chi connectivity index (χ0n) is 20.0. The molecule has 2 fully saturated rings. The molecule has 34 heavy (non-hydrogen) atoms. The summed E-state index contributed by atoms with van der Waals surface area (Å²) in [6.45, 7) is 5.86. The highest BCUT2D eigenvalue weighted by atomic mass is 16.5. The zero-order chi connectivity index (χ0) is 23.1. The highest BCUT2D eigenvalue weighted by molar-refractivity contribution is 5.33. The molecule has 1 saturated carbocycles. The molecule has 0 unspecified atom stereocenters. The van der Waals surface area contributed by atoms with E-state index in [-0.39, 0.29) is 11.6 Å². The Morgan fingerprint density at radius 1 is 0.882 bits per heavy atom. The van der Waals surface area contributed by atoms with E-state index >= 15 is 0 Å². The molecule has 180 valence electrons. The summed E-state index contributed by atoms with van der Waals surface area (Å²) in [6, 6.07) is 21.1. The minimum atomic E-state index is -0.186. The number of benzene rings is 2. The fraction of sp³-hybridized carbons (Fsp3) is 0.519. The first-order valence-electron chi connectivity index (χ1n) is 12.8. The molecule has 5 rings (SSSR count). The summed E-state index contributed by atoms with van der Waals surface area (Å²) in [6.07, 6.45) is 6.93. The Kier molecular flexibility index (Phi) is 7.63. The molecule has 3 aromatic rings. The number of hydrogen-bond acceptors (Lipinski definition) is 6. The van der Waals surface area contributed by atoms with Gasteiger partial charge in [-0.2, -0.15) is 0 Å². The second-order valence-corrected chi connectivity index (χ2v) is 9.55. The zero-order valence-corrected chi connectivity index (χ0v) is 20.0. The first-order valence-corrected chi connectivity index (χ1v) is 12.8. The number of nitrogens with zero attached hydrogens (tertiary/aromatic N) is 5. The first-order chi connectivity index (χ1) is 16.9. The van der Waals surface area contributed by atoms with Crippen LogP contribution in [0.5, 0.6) is 0 Å². The smallest absolute Gasteiger partial charge is 0.172 e. The van der Waals surface area contributed by atoms with Crippen molar-refractivity contribution in [3.05, 3.63) is 77.6 Å². The molecular weight excluding hydrogens is 424 g/mol. The largest absolute Gasteiger partial charge is 0.379 e. The van der Waals surface area contributed by atoms with Crippen LogP contribution >= 0.6 is 0 Å². The second-order valence-electron chi connectivity index (χ2n) is 9.55. The number of nitrogens with one attached hydrogen (secondary N) is 1. The molecule has 0 spiro atoms. The van der Waals surface area contributed by atoms with Gasteiger partial charge in [-0.05, 0) is 53.9 Å². The lowest BCUT2D eigenvalue weighted by Gasteiger charge is -2.38. The predicted octanol–water partition coefficient (Wildman–Crippen LogP) is 3.78. The van der Waals surface area contributed by atoms with E-state index in [1.807, 2.05) is 0 Å².